The number of likely N-dealkylation sites (N-methyl/N-ethyl adjacent to an activating group) is 1. The molecule has 8 nitrogen and oxygen atoms in total. The van der Waals surface area contributed by atoms with Crippen molar-refractivity contribution in [3.63, 3.8) is 0 Å². The molecule has 2 rings (SSSR count). The summed E-state index contributed by atoms with van der Waals surface area (Å²) in [5.74, 6) is 0.104. The minimum absolute atomic E-state index is 0.127. The molecule has 2 amide bonds. The molecule has 0 bridgehead atoms. The Morgan fingerprint density at radius 2 is 1.68 bits per heavy atom. The van der Waals surface area contributed by atoms with Crippen LogP contribution in [0.5, 0.6) is 5.75 Å². The number of thiocarbonyl (C=S) groups is 1. The Hall–Kier alpha value is -3.01. The summed E-state index contributed by atoms with van der Waals surface area (Å²) in [6.07, 6.45) is 0. The highest BCUT2D eigenvalue weighted by molar-refractivity contribution is 7.80. The number of ether oxygens (including phenoxy) is 2. The first-order valence-electron chi connectivity index (χ1n) is 11.5. The largest absolute Gasteiger partial charge is 0.491 e. The standard InChI is InChI=1S/C25H34N4O4S/c1-4-29(5-2)15-14-26-23(30)19-10-12-21(13-11-19)27-25(34)28-24(31)20-8-7-9-22(18-20)33-17-16-32-6-3/h7-13,18H,4-6,14-17H2,1-3H3,(H,26,30)(H2,27,28,31,34). The van der Waals surface area contributed by atoms with Crippen molar-refractivity contribution in [2.24, 2.45) is 0 Å². The SMILES string of the molecule is CCOCCOc1cccc(C(=O)NC(=S)Nc2ccc(C(=O)NCCN(CC)CC)cc2)c1. The van der Waals surface area contributed by atoms with Gasteiger partial charge in [-0.1, -0.05) is 19.9 Å². The third kappa shape index (κ3) is 9.46. The number of rotatable bonds is 13. The van der Waals surface area contributed by atoms with Crippen LogP contribution >= 0.6 is 12.2 Å². The molecule has 0 radical (unpaired) electrons. The van der Waals surface area contributed by atoms with Crippen LogP contribution in [0.15, 0.2) is 48.5 Å². The second kappa shape index (κ2) is 15.0. The van der Waals surface area contributed by atoms with Gasteiger partial charge in [0, 0.05) is 36.5 Å². The van der Waals surface area contributed by atoms with Gasteiger partial charge in [0.2, 0.25) is 0 Å². The van der Waals surface area contributed by atoms with E-state index in [1.54, 1.807) is 48.5 Å². The van der Waals surface area contributed by atoms with Crippen LogP contribution in [0.25, 0.3) is 0 Å². The first-order valence-corrected chi connectivity index (χ1v) is 11.9. The summed E-state index contributed by atoms with van der Waals surface area (Å²) in [7, 11) is 0. The van der Waals surface area contributed by atoms with E-state index in [2.05, 4.69) is 34.7 Å². The lowest BCUT2D eigenvalue weighted by Crippen LogP contribution is -2.35. The van der Waals surface area contributed by atoms with Gasteiger partial charge in [-0.25, -0.2) is 0 Å². The maximum Gasteiger partial charge on any atom is 0.257 e. The van der Waals surface area contributed by atoms with E-state index in [1.165, 1.54) is 0 Å². The van der Waals surface area contributed by atoms with E-state index in [4.69, 9.17) is 21.7 Å². The zero-order valence-electron chi connectivity index (χ0n) is 20.1. The van der Waals surface area contributed by atoms with E-state index in [-0.39, 0.29) is 16.9 Å². The summed E-state index contributed by atoms with van der Waals surface area (Å²) in [5, 5.41) is 8.69. The van der Waals surface area contributed by atoms with Gasteiger partial charge in [0.25, 0.3) is 11.8 Å². The lowest BCUT2D eigenvalue weighted by molar-refractivity contribution is 0.0946. The van der Waals surface area contributed by atoms with Crippen molar-refractivity contribution >= 4 is 34.8 Å². The molecule has 0 aromatic heterocycles. The molecule has 0 aliphatic rings. The van der Waals surface area contributed by atoms with E-state index in [1.807, 2.05) is 6.92 Å². The molecular formula is C25H34N4O4S. The first-order chi connectivity index (χ1) is 16.5. The average molecular weight is 487 g/mol. The van der Waals surface area contributed by atoms with Crippen molar-refractivity contribution in [2.45, 2.75) is 20.8 Å². The summed E-state index contributed by atoms with van der Waals surface area (Å²) in [6.45, 7) is 10.9. The smallest absolute Gasteiger partial charge is 0.257 e. The molecule has 0 saturated heterocycles. The molecule has 0 spiro atoms. The number of carbonyl (C=O) groups is 2. The van der Waals surface area contributed by atoms with Crippen molar-refractivity contribution < 1.29 is 19.1 Å². The second-order valence-electron chi connectivity index (χ2n) is 7.34. The molecule has 184 valence electrons. The van der Waals surface area contributed by atoms with Gasteiger partial charge < -0.3 is 25.0 Å². The number of nitrogens with zero attached hydrogens (tertiary/aromatic N) is 1. The van der Waals surface area contributed by atoms with Crippen LogP contribution in [0.4, 0.5) is 5.69 Å². The molecular weight excluding hydrogens is 452 g/mol. The normalized spacial score (nSPS) is 10.6. The number of benzene rings is 2. The zero-order valence-corrected chi connectivity index (χ0v) is 20.9. The molecule has 0 aliphatic heterocycles. The molecule has 0 heterocycles. The topological polar surface area (TPSA) is 91.9 Å². The van der Waals surface area contributed by atoms with Gasteiger partial charge in [-0.15, -0.1) is 0 Å². The fraction of sp³-hybridized carbons (Fsp3) is 0.400. The maximum absolute atomic E-state index is 12.5. The van der Waals surface area contributed by atoms with Gasteiger partial charge in [-0.3, -0.25) is 14.9 Å². The monoisotopic (exact) mass is 486 g/mol. The Morgan fingerprint density at radius 3 is 2.35 bits per heavy atom. The number of hydrogen-bond acceptors (Lipinski definition) is 6. The summed E-state index contributed by atoms with van der Waals surface area (Å²) in [5.41, 5.74) is 1.65. The molecule has 2 aromatic carbocycles. The van der Waals surface area contributed by atoms with Crippen LogP contribution in [0, 0.1) is 0 Å². The second-order valence-corrected chi connectivity index (χ2v) is 7.75. The lowest BCUT2D eigenvalue weighted by atomic mass is 10.2. The van der Waals surface area contributed by atoms with E-state index >= 15 is 0 Å². The first kappa shape index (κ1) is 27.2. The molecule has 0 aliphatic carbocycles. The molecule has 9 heteroatoms. The van der Waals surface area contributed by atoms with Crippen LogP contribution < -0.4 is 20.7 Å². The third-order valence-corrected chi connectivity index (χ3v) is 5.24. The Kier molecular flexibility index (Phi) is 12.0. The van der Waals surface area contributed by atoms with Crippen molar-refractivity contribution in [3.05, 3.63) is 59.7 Å². The van der Waals surface area contributed by atoms with E-state index < -0.39 is 0 Å². The Labute approximate surface area is 207 Å². The van der Waals surface area contributed by atoms with Crippen LogP contribution in [-0.2, 0) is 4.74 Å². The summed E-state index contributed by atoms with van der Waals surface area (Å²) in [6, 6.07) is 13.8. The van der Waals surface area contributed by atoms with Gasteiger partial charge in [-0.2, -0.15) is 0 Å². The molecule has 34 heavy (non-hydrogen) atoms. The fourth-order valence-electron chi connectivity index (χ4n) is 3.10. The van der Waals surface area contributed by atoms with E-state index in [0.29, 0.717) is 48.9 Å². The molecule has 2 aromatic rings. The number of carbonyl (C=O) groups excluding carboxylic acids is 2. The highest BCUT2D eigenvalue weighted by Gasteiger charge is 2.10. The van der Waals surface area contributed by atoms with E-state index in [0.717, 1.165) is 19.6 Å². The van der Waals surface area contributed by atoms with E-state index in [9.17, 15) is 9.59 Å². The molecule has 3 N–H and O–H groups in total. The Bertz CT molecular complexity index is 933. The number of amides is 2. The number of anilines is 1. The minimum atomic E-state index is -0.350. The maximum atomic E-state index is 12.5. The van der Waals surface area contributed by atoms with Crippen LogP contribution in [-0.4, -0.2) is 67.8 Å². The van der Waals surface area contributed by atoms with Gasteiger partial charge in [0.1, 0.15) is 12.4 Å². The van der Waals surface area contributed by atoms with Crippen LogP contribution in [0.1, 0.15) is 41.5 Å². The molecule has 0 atom stereocenters. The van der Waals surface area contributed by atoms with Gasteiger partial charge in [0.05, 0.1) is 6.61 Å². The minimum Gasteiger partial charge on any atom is -0.491 e. The number of hydrogen-bond donors (Lipinski definition) is 3. The predicted molar refractivity (Wildman–Crippen MR) is 139 cm³/mol. The van der Waals surface area contributed by atoms with Crippen LogP contribution in [0.2, 0.25) is 0 Å². The van der Waals surface area contributed by atoms with Crippen molar-refractivity contribution in [1.82, 2.24) is 15.5 Å². The quantitative estimate of drug-likeness (QED) is 0.296. The summed E-state index contributed by atoms with van der Waals surface area (Å²) in [4.78, 5) is 27.1. The Balaban J connectivity index is 1.82. The van der Waals surface area contributed by atoms with Gasteiger partial charge in [-0.05, 0) is 74.7 Å². The highest BCUT2D eigenvalue weighted by Crippen LogP contribution is 2.14. The van der Waals surface area contributed by atoms with Crippen molar-refractivity contribution in [2.75, 3.05) is 51.3 Å². The molecule has 0 fully saturated rings. The van der Waals surface area contributed by atoms with Crippen molar-refractivity contribution in [1.29, 1.82) is 0 Å². The third-order valence-electron chi connectivity index (χ3n) is 5.04. The van der Waals surface area contributed by atoms with Gasteiger partial charge >= 0.3 is 0 Å². The average Bonchev–Trinajstić information content (AvgIpc) is 2.85. The Morgan fingerprint density at radius 1 is 0.941 bits per heavy atom. The lowest BCUT2D eigenvalue weighted by Gasteiger charge is -2.18. The number of nitrogens with one attached hydrogen (secondary N) is 3. The molecule has 0 saturated carbocycles. The fourth-order valence-corrected chi connectivity index (χ4v) is 3.31. The zero-order chi connectivity index (χ0) is 24.8. The molecule has 0 unspecified atom stereocenters. The van der Waals surface area contributed by atoms with Crippen LogP contribution in [0.3, 0.4) is 0 Å². The van der Waals surface area contributed by atoms with Crippen molar-refractivity contribution in [3.8, 4) is 5.75 Å². The van der Waals surface area contributed by atoms with Gasteiger partial charge in [0.15, 0.2) is 5.11 Å². The predicted octanol–water partition coefficient (Wildman–Crippen LogP) is 3.30. The summed E-state index contributed by atoms with van der Waals surface area (Å²) >= 11 is 5.26. The highest BCUT2D eigenvalue weighted by atomic mass is 32.1. The summed E-state index contributed by atoms with van der Waals surface area (Å²) < 4.78 is 10.8.